The molecule has 0 spiro atoms. The molecule has 1 aliphatic rings. The zero-order chi connectivity index (χ0) is 9.90. The van der Waals surface area contributed by atoms with E-state index in [9.17, 15) is 4.79 Å². The molecule has 1 atom stereocenters. The summed E-state index contributed by atoms with van der Waals surface area (Å²) < 4.78 is 5.39. The highest BCUT2D eigenvalue weighted by Crippen LogP contribution is 2.32. The highest BCUT2D eigenvalue weighted by molar-refractivity contribution is 6.45. The van der Waals surface area contributed by atoms with Gasteiger partial charge in [0.25, 0.3) is 8.05 Å². The van der Waals surface area contributed by atoms with Gasteiger partial charge in [0.15, 0.2) is 13.1 Å². The third kappa shape index (κ3) is 1.73. The van der Waals surface area contributed by atoms with Gasteiger partial charge in [-0.3, -0.25) is 4.79 Å². The zero-order valence-electron chi connectivity index (χ0n) is 8.56. The SMILES string of the molecule is BOC1(C(=C)BC)CCCCC1=O. The molecule has 4 heteroatoms. The molecule has 1 fully saturated rings. The van der Waals surface area contributed by atoms with Crippen molar-refractivity contribution in [3.05, 3.63) is 12.1 Å². The number of carbonyl (C=O) groups excluding carboxylic acids is 1. The lowest BCUT2D eigenvalue weighted by Gasteiger charge is -2.36. The van der Waals surface area contributed by atoms with E-state index in [0.29, 0.717) is 6.42 Å². The van der Waals surface area contributed by atoms with Gasteiger partial charge in [-0.15, -0.1) is 6.58 Å². The van der Waals surface area contributed by atoms with Gasteiger partial charge in [0.05, 0.1) is 0 Å². The Morgan fingerprint density at radius 1 is 1.69 bits per heavy atom. The zero-order valence-corrected chi connectivity index (χ0v) is 8.56. The van der Waals surface area contributed by atoms with Crippen LogP contribution in [0.2, 0.25) is 6.82 Å². The lowest BCUT2D eigenvalue weighted by Crippen LogP contribution is -2.46. The van der Waals surface area contributed by atoms with Gasteiger partial charge >= 0.3 is 0 Å². The van der Waals surface area contributed by atoms with Crippen LogP contribution in [0, 0.1) is 0 Å². The highest BCUT2D eigenvalue weighted by atomic mass is 16.5. The largest absolute Gasteiger partial charge is 0.430 e. The summed E-state index contributed by atoms with van der Waals surface area (Å²) in [4.78, 5) is 11.8. The van der Waals surface area contributed by atoms with Crippen LogP contribution in [0.3, 0.4) is 0 Å². The van der Waals surface area contributed by atoms with Crippen molar-refractivity contribution in [1.29, 1.82) is 0 Å². The van der Waals surface area contributed by atoms with Crippen molar-refractivity contribution in [2.24, 2.45) is 0 Å². The molecule has 0 bridgehead atoms. The molecule has 1 saturated carbocycles. The van der Waals surface area contributed by atoms with E-state index in [4.69, 9.17) is 4.65 Å². The number of hydrogen-bond acceptors (Lipinski definition) is 2. The van der Waals surface area contributed by atoms with E-state index in [-0.39, 0.29) is 5.78 Å². The molecular weight excluding hydrogens is 162 g/mol. The molecule has 1 unspecified atom stereocenters. The first kappa shape index (κ1) is 10.6. The van der Waals surface area contributed by atoms with Crippen LogP contribution in [-0.4, -0.2) is 26.7 Å². The van der Waals surface area contributed by atoms with Crippen LogP contribution in [0.4, 0.5) is 0 Å². The molecule has 0 aromatic heterocycles. The first-order chi connectivity index (χ1) is 6.17. The van der Waals surface area contributed by atoms with Crippen LogP contribution in [0.15, 0.2) is 12.1 Å². The summed E-state index contributed by atoms with van der Waals surface area (Å²) in [6.07, 6.45) is 3.53. The fraction of sp³-hybridized carbons (Fsp3) is 0.667. The smallest absolute Gasteiger partial charge is 0.259 e. The Hall–Kier alpha value is -0.500. The van der Waals surface area contributed by atoms with Gasteiger partial charge < -0.3 is 4.65 Å². The van der Waals surface area contributed by atoms with Crippen molar-refractivity contribution in [1.82, 2.24) is 0 Å². The summed E-state index contributed by atoms with van der Waals surface area (Å²) >= 11 is 0. The molecule has 0 N–H and O–H groups in total. The van der Waals surface area contributed by atoms with Gasteiger partial charge in [0.1, 0.15) is 5.60 Å². The lowest BCUT2D eigenvalue weighted by atomic mass is 9.61. The predicted molar refractivity (Wildman–Crippen MR) is 58.0 cm³/mol. The van der Waals surface area contributed by atoms with Crippen LogP contribution in [0.1, 0.15) is 25.7 Å². The van der Waals surface area contributed by atoms with E-state index in [2.05, 4.69) is 6.58 Å². The Balaban J connectivity index is 2.88. The molecule has 13 heavy (non-hydrogen) atoms. The second kappa shape index (κ2) is 4.14. The van der Waals surface area contributed by atoms with Crippen molar-refractivity contribution in [2.45, 2.75) is 38.1 Å². The van der Waals surface area contributed by atoms with Gasteiger partial charge in [-0.1, -0.05) is 12.3 Å². The number of carbonyl (C=O) groups is 1. The van der Waals surface area contributed by atoms with Crippen LogP contribution >= 0.6 is 0 Å². The third-order valence-electron chi connectivity index (χ3n) is 2.98. The Labute approximate surface area is 81.4 Å². The monoisotopic (exact) mass is 178 g/mol. The molecular formula is C9H16B2O2. The van der Waals surface area contributed by atoms with E-state index in [1.54, 1.807) is 8.05 Å². The van der Waals surface area contributed by atoms with E-state index in [1.165, 1.54) is 0 Å². The number of Topliss-reactive ketones (excluding diaryl/α,β-unsaturated/α-hetero) is 1. The van der Waals surface area contributed by atoms with Crippen molar-refractivity contribution in [3.8, 4) is 0 Å². The summed E-state index contributed by atoms with van der Waals surface area (Å²) in [6, 6.07) is 0. The van der Waals surface area contributed by atoms with Crippen LogP contribution in [-0.2, 0) is 9.45 Å². The fourth-order valence-corrected chi connectivity index (χ4v) is 2.02. The number of rotatable bonds is 3. The number of hydrogen-bond donors (Lipinski definition) is 0. The molecule has 2 nitrogen and oxygen atoms in total. The summed E-state index contributed by atoms with van der Waals surface area (Å²) in [7, 11) is 2.43. The second-order valence-corrected chi connectivity index (χ2v) is 3.62. The molecule has 1 rings (SSSR count). The van der Waals surface area contributed by atoms with Gasteiger partial charge in [-0.25, -0.2) is 0 Å². The summed E-state index contributed by atoms with van der Waals surface area (Å²) in [5, 5.41) is 0. The first-order valence-electron chi connectivity index (χ1n) is 4.94. The van der Waals surface area contributed by atoms with Crippen LogP contribution in [0.5, 0.6) is 0 Å². The standard InChI is InChI=1S/C9H16B2O2/c1-7(11-2)9(13-10)6-4-3-5-8(9)12/h11H,1,3-6,10H2,2H3. The van der Waals surface area contributed by atoms with Crippen molar-refractivity contribution >= 4 is 21.1 Å². The Bertz CT molecular complexity index is 218. The minimum absolute atomic E-state index is 0.216. The second-order valence-electron chi connectivity index (χ2n) is 3.62. The Morgan fingerprint density at radius 3 is 2.85 bits per heavy atom. The molecule has 70 valence electrons. The minimum atomic E-state index is -0.646. The molecule has 0 aromatic carbocycles. The molecule has 0 heterocycles. The van der Waals surface area contributed by atoms with Crippen LogP contribution < -0.4 is 0 Å². The minimum Gasteiger partial charge on any atom is -0.430 e. The van der Waals surface area contributed by atoms with E-state index < -0.39 is 5.60 Å². The average molecular weight is 178 g/mol. The van der Waals surface area contributed by atoms with E-state index in [0.717, 1.165) is 32.0 Å². The Kier molecular flexibility index (Phi) is 3.37. The molecule has 0 aromatic rings. The fourth-order valence-electron chi connectivity index (χ4n) is 2.02. The molecule has 0 radical (unpaired) electrons. The summed E-state index contributed by atoms with van der Waals surface area (Å²) in [6.45, 7) is 5.96. The maximum Gasteiger partial charge on any atom is 0.259 e. The maximum atomic E-state index is 11.8. The molecule has 0 amide bonds. The van der Waals surface area contributed by atoms with Gasteiger partial charge in [0, 0.05) is 6.42 Å². The lowest BCUT2D eigenvalue weighted by molar-refractivity contribution is -0.133. The third-order valence-corrected chi connectivity index (χ3v) is 2.98. The quantitative estimate of drug-likeness (QED) is 0.585. The molecule has 1 aliphatic carbocycles. The van der Waals surface area contributed by atoms with Gasteiger partial charge in [-0.2, -0.15) is 0 Å². The van der Waals surface area contributed by atoms with Crippen molar-refractivity contribution < 1.29 is 9.45 Å². The highest BCUT2D eigenvalue weighted by Gasteiger charge is 2.40. The van der Waals surface area contributed by atoms with Crippen LogP contribution in [0.25, 0.3) is 0 Å². The topological polar surface area (TPSA) is 26.3 Å². The van der Waals surface area contributed by atoms with Crippen molar-refractivity contribution in [3.63, 3.8) is 0 Å². The summed E-state index contributed by atoms with van der Waals surface area (Å²) in [5.41, 5.74) is 0.284. The van der Waals surface area contributed by atoms with E-state index in [1.807, 2.05) is 6.82 Å². The predicted octanol–water partition coefficient (Wildman–Crippen LogP) is 0.431. The molecule has 0 aliphatic heterocycles. The number of ketones is 1. The molecule has 0 saturated heterocycles. The first-order valence-corrected chi connectivity index (χ1v) is 4.94. The van der Waals surface area contributed by atoms with Gasteiger partial charge in [0.2, 0.25) is 0 Å². The van der Waals surface area contributed by atoms with Crippen molar-refractivity contribution in [2.75, 3.05) is 0 Å². The summed E-state index contributed by atoms with van der Waals surface area (Å²) in [5.74, 6) is 0.216. The van der Waals surface area contributed by atoms with Gasteiger partial charge in [-0.05, 0) is 19.3 Å². The maximum absolute atomic E-state index is 11.8. The normalized spacial score (nSPS) is 28.5. The Morgan fingerprint density at radius 2 is 2.38 bits per heavy atom. The average Bonchev–Trinajstić information content (AvgIpc) is 2.18. The van der Waals surface area contributed by atoms with E-state index >= 15 is 0 Å².